The molecule has 1 aromatic heterocycles. The molecule has 5 heteroatoms. The molecular formula is C15H20N4O. The molecule has 1 atom stereocenters. The maximum Gasteiger partial charge on any atom is 0.172 e. The van der Waals surface area contributed by atoms with E-state index in [1.54, 1.807) is 0 Å². The van der Waals surface area contributed by atoms with Gasteiger partial charge < -0.3 is 15.3 Å². The standard InChI is InChI=1S/C15H20N4O/c1-11(10-20)16-14-15(19-8-4-5-9-19)18-13-7-3-2-6-12(13)17-14/h2-3,6-7,11,20H,4-5,8-10H2,1H3,(H,16,17)/t11-/m1/s1. The highest BCUT2D eigenvalue weighted by molar-refractivity contribution is 5.80. The third kappa shape index (κ3) is 2.54. The van der Waals surface area contributed by atoms with Gasteiger partial charge in [-0.1, -0.05) is 12.1 Å². The lowest BCUT2D eigenvalue weighted by atomic mass is 10.3. The van der Waals surface area contributed by atoms with Gasteiger partial charge in [0.2, 0.25) is 0 Å². The molecule has 1 fully saturated rings. The van der Waals surface area contributed by atoms with E-state index < -0.39 is 0 Å². The van der Waals surface area contributed by atoms with Gasteiger partial charge in [-0.15, -0.1) is 0 Å². The van der Waals surface area contributed by atoms with Gasteiger partial charge in [0.1, 0.15) is 0 Å². The van der Waals surface area contributed by atoms with E-state index in [2.05, 4.69) is 15.2 Å². The Morgan fingerprint density at radius 3 is 2.50 bits per heavy atom. The highest BCUT2D eigenvalue weighted by Crippen LogP contribution is 2.28. The van der Waals surface area contributed by atoms with Crippen molar-refractivity contribution in [2.75, 3.05) is 29.9 Å². The molecule has 2 heterocycles. The van der Waals surface area contributed by atoms with Crippen molar-refractivity contribution in [3.05, 3.63) is 24.3 Å². The predicted molar refractivity (Wildman–Crippen MR) is 81.2 cm³/mol. The van der Waals surface area contributed by atoms with Crippen LogP contribution in [0, 0.1) is 0 Å². The number of hydrogen-bond acceptors (Lipinski definition) is 5. The minimum atomic E-state index is -0.0354. The fraction of sp³-hybridized carbons (Fsp3) is 0.467. The van der Waals surface area contributed by atoms with Crippen LogP contribution >= 0.6 is 0 Å². The summed E-state index contributed by atoms with van der Waals surface area (Å²) >= 11 is 0. The summed E-state index contributed by atoms with van der Waals surface area (Å²) in [5.41, 5.74) is 1.79. The molecule has 0 bridgehead atoms. The molecule has 20 heavy (non-hydrogen) atoms. The minimum Gasteiger partial charge on any atom is -0.394 e. The monoisotopic (exact) mass is 272 g/mol. The Morgan fingerprint density at radius 2 is 1.85 bits per heavy atom. The van der Waals surface area contributed by atoms with Crippen molar-refractivity contribution >= 4 is 22.7 Å². The zero-order chi connectivity index (χ0) is 13.9. The van der Waals surface area contributed by atoms with Crippen LogP contribution in [0.2, 0.25) is 0 Å². The van der Waals surface area contributed by atoms with Crippen LogP contribution in [0.4, 0.5) is 11.6 Å². The summed E-state index contributed by atoms with van der Waals surface area (Å²) in [7, 11) is 0. The second-order valence-electron chi connectivity index (χ2n) is 5.31. The summed E-state index contributed by atoms with van der Waals surface area (Å²) in [4.78, 5) is 11.7. The van der Waals surface area contributed by atoms with Crippen molar-refractivity contribution in [2.24, 2.45) is 0 Å². The van der Waals surface area contributed by atoms with E-state index in [0.717, 1.165) is 35.8 Å². The Labute approximate surface area is 118 Å². The van der Waals surface area contributed by atoms with E-state index in [0.29, 0.717) is 0 Å². The molecule has 0 unspecified atom stereocenters. The van der Waals surface area contributed by atoms with Gasteiger partial charge in [-0.2, -0.15) is 0 Å². The highest BCUT2D eigenvalue weighted by atomic mass is 16.3. The quantitative estimate of drug-likeness (QED) is 0.891. The molecule has 1 saturated heterocycles. The third-order valence-electron chi connectivity index (χ3n) is 3.61. The summed E-state index contributed by atoms with van der Waals surface area (Å²) in [6.07, 6.45) is 2.40. The average Bonchev–Trinajstić information content (AvgIpc) is 3.00. The molecular weight excluding hydrogens is 252 g/mol. The zero-order valence-corrected chi connectivity index (χ0v) is 11.7. The number of para-hydroxylation sites is 2. The van der Waals surface area contributed by atoms with Gasteiger partial charge in [0, 0.05) is 19.1 Å². The summed E-state index contributed by atoms with van der Waals surface area (Å²) < 4.78 is 0. The van der Waals surface area contributed by atoms with Gasteiger partial charge in [0.05, 0.1) is 17.6 Å². The Morgan fingerprint density at radius 1 is 1.20 bits per heavy atom. The Kier molecular flexibility index (Phi) is 3.69. The molecule has 0 saturated carbocycles. The van der Waals surface area contributed by atoms with Crippen molar-refractivity contribution in [1.82, 2.24) is 9.97 Å². The first kappa shape index (κ1) is 13.1. The SMILES string of the molecule is C[C@H](CO)Nc1nc2ccccc2nc1N1CCCC1. The van der Waals surface area contributed by atoms with E-state index in [-0.39, 0.29) is 12.6 Å². The molecule has 0 aliphatic carbocycles. The van der Waals surface area contributed by atoms with Gasteiger partial charge >= 0.3 is 0 Å². The molecule has 1 aliphatic heterocycles. The normalized spacial score (nSPS) is 16.6. The van der Waals surface area contributed by atoms with E-state index in [1.165, 1.54) is 12.8 Å². The predicted octanol–water partition coefficient (Wildman–Crippen LogP) is 2.02. The van der Waals surface area contributed by atoms with E-state index in [9.17, 15) is 5.11 Å². The maximum absolute atomic E-state index is 9.24. The molecule has 5 nitrogen and oxygen atoms in total. The first-order valence-corrected chi connectivity index (χ1v) is 7.17. The maximum atomic E-state index is 9.24. The molecule has 0 radical (unpaired) electrons. The Bertz CT molecular complexity index is 595. The van der Waals surface area contributed by atoms with Gasteiger partial charge in [0.15, 0.2) is 11.6 Å². The molecule has 106 valence electrons. The second-order valence-corrected chi connectivity index (χ2v) is 5.31. The molecule has 2 N–H and O–H groups in total. The number of hydrogen-bond donors (Lipinski definition) is 2. The molecule has 0 spiro atoms. The topological polar surface area (TPSA) is 61.3 Å². The van der Waals surface area contributed by atoms with Crippen molar-refractivity contribution in [3.63, 3.8) is 0 Å². The highest BCUT2D eigenvalue weighted by Gasteiger charge is 2.20. The minimum absolute atomic E-state index is 0.0354. The zero-order valence-electron chi connectivity index (χ0n) is 11.7. The number of aliphatic hydroxyl groups is 1. The molecule has 0 amide bonds. The van der Waals surface area contributed by atoms with Crippen LogP contribution in [0.1, 0.15) is 19.8 Å². The Balaban J connectivity index is 2.05. The molecule has 1 aliphatic rings. The van der Waals surface area contributed by atoms with Crippen molar-refractivity contribution in [1.29, 1.82) is 0 Å². The van der Waals surface area contributed by atoms with E-state index >= 15 is 0 Å². The summed E-state index contributed by atoms with van der Waals surface area (Å²) in [6, 6.07) is 7.86. The lowest BCUT2D eigenvalue weighted by Crippen LogP contribution is -2.25. The fourth-order valence-electron chi connectivity index (χ4n) is 2.52. The van der Waals surface area contributed by atoms with Crippen LogP contribution in [-0.2, 0) is 0 Å². The van der Waals surface area contributed by atoms with Crippen molar-refractivity contribution in [3.8, 4) is 0 Å². The number of nitrogens with one attached hydrogen (secondary N) is 1. The van der Waals surface area contributed by atoms with Crippen molar-refractivity contribution in [2.45, 2.75) is 25.8 Å². The number of anilines is 2. The first-order valence-electron chi connectivity index (χ1n) is 7.17. The van der Waals surface area contributed by atoms with Crippen LogP contribution in [0.15, 0.2) is 24.3 Å². The largest absolute Gasteiger partial charge is 0.394 e. The van der Waals surface area contributed by atoms with Crippen molar-refractivity contribution < 1.29 is 5.11 Å². The lowest BCUT2D eigenvalue weighted by molar-refractivity contribution is 0.281. The number of rotatable bonds is 4. The number of fused-ring (bicyclic) bond motifs is 1. The number of aromatic nitrogens is 2. The van der Waals surface area contributed by atoms with E-state index in [1.807, 2.05) is 31.2 Å². The second kappa shape index (κ2) is 5.63. The average molecular weight is 272 g/mol. The van der Waals surface area contributed by atoms with Gasteiger partial charge in [-0.05, 0) is 31.9 Å². The van der Waals surface area contributed by atoms with Crippen LogP contribution in [0.25, 0.3) is 11.0 Å². The number of aliphatic hydroxyl groups excluding tert-OH is 1. The summed E-state index contributed by atoms with van der Waals surface area (Å²) in [6.45, 7) is 4.06. The Hall–Kier alpha value is -1.88. The molecule has 1 aromatic carbocycles. The van der Waals surface area contributed by atoms with Crippen LogP contribution in [0.5, 0.6) is 0 Å². The number of nitrogens with zero attached hydrogens (tertiary/aromatic N) is 3. The molecule has 2 aromatic rings. The first-order chi connectivity index (χ1) is 9.78. The van der Waals surface area contributed by atoms with Crippen LogP contribution < -0.4 is 10.2 Å². The van der Waals surface area contributed by atoms with Gasteiger partial charge in [0.25, 0.3) is 0 Å². The molecule has 3 rings (SSSR count). The van der Waals surface area contributed by atoms with Crippen LogP contribution in [-0.4, -0.2) is 40.8 Å². The summed E-state index contributed by atoms with van der Waals surface area (Å²) in [5, 5.41) is 12.5. The van der Waals surface area contributed by atoms with Crippen LogP contribution in [0.3, 0.4) is 0 Å². The number of benzene rings is 1. The fourth-order valence-corrected chi connectivity index (χ4v) is 2.52. The van der Waals surface area contributed by atoms with Gasteiger partial charge in [-0.25, -0.2) is 9.97 Å². The van der Waals surface area contributed by atoms with Gasteiger partial charge in [-0.3, -0.25) is 0 Å². The van der Waals surface area contributed by atoms with E-state index in [4.69, 9.17) is 4.98 Å². The third-order valence-corrected chi connectivity index (χ3v) is 3.61. The smallest absolute Gasteiger partial charge is 0.172 e. The lowest BCUT2D eigenvalue weighted by Gasteiger charge is -2.22. The summed E-state index contributed by atoms with van der Waals surface area (Å²) in [5.74, 6) is 1.67.